The molecule has 0 saturated carbocycles. The number of nitrogens with zero attached hydrogens (tertiary/aromatic N) is 4. The molecule has 0 aliphatic heterocycles. The average Bonchev–Trinajstić information content (AvgIpc) is 2.72. The first-order chi connectivity index (χ1) is 7.84. The van der Waals surface area contributed by atoms with E-state index in [0.717, 1.165) is 21.2 Å². The maximum absolute atomic E-state index is 4.30. The molecule has 5 heteroatoms. The highest BCUT2D eigenvalue weighted by atomic mass is 79.9. The molecular weight excluding hydrogens is 268 g/mol. The number of fused-ring (bicyclic) bond motifs is 1. The van der Waals surface area contributed by atoms with Crippen LogP contribution in [0.1, 0.15) is 0 Å². The van der Waals surface area contributed by atoms with Gasteiger partial charge in [-0.1, -0.05) is 22.0 Å². The summed E-state index contributed by atoms with van der Waals surface area (Å²) in [4.78, 5) is 8.18. The predicted molar refractivity (Wildman–Crippen MR) is 64.4 cm³/mol. The van der Waals surface area contributed by atoms with Crippen molar-refractivity contribution >= 4 is 27.0 Å². The maximum atomic E-state index is 4.30. The molecule has 78 valence electrons. The summed E-state index contributed by atoms with van der Waals surface area (Å²) in [6.45, 7) is 0. The van der Waals surface area contributed by atoms with Crippen LogP contribution in [0.25, 0.3) is 16.7 Å². The Balaban J connectivity index is 2.26. The molecule has 0 N–H and O–H groups in total. The first-order valence-electron chi connectivity index (χ1n) is 4.74. The van der Waals surface area contributed by atoms with E-state index in [-0.39, 0.29) is 0 Å². The van der Waals surface area contributed by atoms with Crippen LogP contribution in [0.2, 0.25) is 0 Å². The molecule has 4 nitrogen and oxygen atoms in total. The SMILES string of the molecule is Brc1cccc(-n2ncc3cncnc32)c1. The minimum Gasteiger partial charge on any atom is -0.244 e. The van der Waals surface area contributed by atoms with Crippen LogP contribution in [0.15, 0.2) is 47.5 Å². The normalized spacial score (nSPS) is 10.8. The number of rotatable bonds is 1. The van der Waals surface area contributed by atoms with E-state index in [4.69, 9.17) is 0 Å². The van der Waals surface area contributed by atoms with Crippen molar-refractivity contribution in [3.05, 3.63) is 47.5 Å². The van der Waals surface area contributed by atoms with Crippen molar-refractivity contribution in [1.82, 2.24) is 19.7 Å². The van der Waals surface area contributed by atoms with Gasteiger partial charge in [0.15, 0.2) is 5.65 Å². The van der Waals surface area contributed by atoms with Crippen LogP contribution in [0.4, 0.5) is 0 Å². The van der Waals surface area contributed by atoms with E-state index in [2.05, 4.69) is 31.0 Å². The lowest BCUT2D eigenvalue weighted by Crippen LogP contribution is -1.97. The van der Waals surface area contributed by atoms with Gasteiger partial charge in [0.1, 0.15) is 6.33 Å². The second-order valence-corrected chi connectivity index (χ2v) is 4.25. The van der Waals surface area contributed by atoms with Crippen molar-refractivity contribution in [3.63, 3.8) is 0 Å². The molecule has 0 spiro atoms. The molecule has 2 aromatic heterocycles. The van der Waals surface area contributed by atoms with Crippen LogP contribution < -0.4 is 0 Å². The van der Waals surface area contributed by atoms with Crippen molar-refractivity contribution in [2.24, 2.45) is 0 Å². The van der Waals surface area contributed by atoms with Crippen molar-refractivity contribution in [2.45, 2.75) is 0 Å². The molecule has 2 heterocycles. The minimum absolute atomic E-state index is 0.813. The lowest BCUT2D eigenvalue weighted by Gasteiger charge is -2.02. The minimum atomic E-state index is 0.813. The summed E-state index contributed by atoms with van der Waals surface area (Å²) >= 11 is 3.44. The molecular formula is C11H7BrN4. The Morgan fingerprint density at radius 1 is 1.19 bits per heavy atom. The van der Waals surface area contributed by atoms with Gasteiger partial charge in [0, 0.05) is 10.7 Å². The molecule has 0 aliphatic rings. The third-order valence-electron chi connectivity index (χ3n) is 2.28. The number of aromatic nitrogens is 4. The Kier molecular flexibility index (Phi) is 2.18. The standard InChI is InChI=1S/C11H7BrN4/c12-9-2-1-3-10(4-9)16-11-8(6-15-16)5-13-7-14-11/h1-7H. The monoisotopic (exact) mass is 274 g/mol. The van der Waals surface area contributed by atoms with Gasteiger partial charge in [-0.25, -0.2) is 14.6 Å². The highest BCUT2D eigenvalue weighted by molar-refractivity contribution is 9.10. The fraction of sp³-hybridized carbons (Fsp3) is 0. The number of benzene rings is 1. The molecule has 1 aromatic carbocycles. The van der Waals surface area contributed by atoms with Crippen LogP contribution >= 0.6 is 15.9 Å². The van der Waals surface area contributed by atoms with Crippen LogP contribution in [0.3, 0.4) is 0 Å². The number of halogens is 1. The first-order valence-corrected chi connectivity index (χ1v) is 5.53. The Labute approximate surface area is 100 Å². The Hall–Kier alpha value is -1.75. The summed E-state index contributed by atoms with van der Waals surface area (Å²) in [7, 11) is 0. The van der Waals surface area contributed by atoms with Crippen LogP contribution in [0, 0.1) is 0 Å². The van der Waals surface area contributed by atoms with E-state index in [0.29, 0.717) is 0 Å². The van der Waals surface area contributed by atoms with Gasteiger partial charge in [-0.3, -0.25) is 0 Å². The third-order valence-corrected chi connectivity index (χ3v) is 2.78. The molecule has 0 amide bonds. The summed E-state index contributed by atoms with van der Waals surface area (Å²) < 4.78 is 2.81. The van der Waals surface area contributed by atoms with Gasteiger partial charge in [0.05, 0.1) is 17.3 Å². The predicted octanol–water partition coefficient (Wildman–Crippen LogP) is 2.58. The van der Waals surface area contributed by atoms with Gasteiger partial charge in [0.25, 0.3) is 0 Å². The van der Waals surface area contributed by atoms with E-state index in [1.165, 1.54) is 6.33 Å². The van der Waals surface area contributed by atoms with Crippen molar-refractivity contribution in [3.8, 4) is 5.69 Å². The second kappa shape index (κ2) is 3.68. The number of hydrogen-bond donors (Lipinski definition) is 0. The van der Waals surface area contributed by atoms with Crippen LogP contribution in [0.5, 0.6) is 0 Å². The highest BCUT2D eigenvalue weighted by Crippen LogP contribution is 2.18. The largest absolute Gasteiger partial charge is 0.244 e. The molecule has 16 heavy (non-hydrogen) atoms. The second-order valence-electron chi connectivity index (χ2n) is 3.34. The molecule has 0 unspecified atom stereocenters. The van der Waals surface area contributed by atoms with Crippen molar-refractivity contribution in [1.29, 1.82) is 0 Å². The third kappa shape index (κ3) is 1.49. The summed E-state index contributed by atoms with van der Waals surface area (Å²) in [6, 6.07) is 7.92. The van der Waals surface area contributed by atoms with Gasteiger partial charge in [-0.2, -0.15) is 5.10 Å². The average molecular weight is 275 g/mol. The Morgan fingerprint density at radius 3 is 3.00 bits per heavy atom. The Bertz CT molecular complexity index is 647. The Morgan fingerprint density at radius 2 is 2.12 bits per heavy atom. The molecule has 3 aromatic rings. The van der Waals surface area contributed by atoms with Crippen LogP contribution in [-0.2, 0) is 0 Å². The van der Waals surface area contributed by atoms with Gasteiger partial charge < -0.3 is 0 Å². The van der Waals surface area contributed by atoms with Gasteiger partial charge in [-0.15, -0.1) is 0 Å². The van der Waals surface area contributed by atoms with Gasteiger partial charge in [-0.05, 0) is 18.2 Å². The molecule has 0 radical (unpaired) electrons. The van der Waals surface area contributed by atoms with Crippen molar-refractivity contribution < 1.29 is 0 Å². The lowest BCUT2D eigenvalue weighted by molar-refractivity contribution is 0.894. The molecule has 0 bridgehead atoms. The topological polar surface area (TPSA) is 43.6 Å². The summed E-state index contributed by atoms with van der Waals surface area (Å²) in [5.41, 5.74) is 1.79. The van der Waals surface area contributed by atoms with Crippen molar-refractivity contribution in [2.75, 3.05) is 0 Å². The first kappa shape index (κ1) is 9.47. The molecule has 0 saturated heterocycles. The quantitative estimate of drug-likeness (QED) is 0.685. The fourth-order valence-electron chi connectivity index (χ4n) is 1.57. The highest BCUT2D eigenvalue weighted by Gasteiger charge is 2.05. The summed E-state index contributed by atoms with van der Waals surface area (Å²) in [6.07, 6.45) is 5.04. The zero-order valence-electron chi connectivity index (χ0n) is 8.21. The zero-order chi connectivity index (χ0) is 11.0. The van der Waals surface area contributed by atoms with E-state index in [1.54, 1.807) is 17.1 Å². The van der Waals surface area contributed by atoms with Gasteiger partial charge >= 0.3 is 0 Å². The molecule has 3 rings (SSSR count). The zero-order valence-corrected chi connectivity index (χ0v) is 9.79. The van der Waals surface area contributed by atoms with E-state index < -0.39 is 0 Å². The molecule has 0 atom stereocenters. The summed E-state index contributed by atoms with van der Waals surface area (Å²) in [5, 5.41) is 5.23. The smallest absolute Gasteiger partial charge is 0.166 e. The van der Waals surface area contributed by atoms with Gasteiger partial charge in [0.2, 0.25) is 0 Å². The van der Waals surface area contributed by atoms with E-state index >= 15 is 0 Å². The van der Waals surface area contributed by atoms with Crippen LogP contribution in [-0.4, -0.2) is 19.7 Å². The lowest BCUT2D eigenvalue weighted by atomic mass is 10.3. The van der Waals surface area contributed by atoms with E-state index in [1.807, 2.05) is 24.3 Å². The fourth-order valence-corrected chi connectivity index (χ4v) is 1.96. The molecule has 0 aliphatic carbocycles. The maximum Gasteiger partial charge on any atom is 0.166 e. The summed E-state index contributed by atoms with van der Waals surface area (Å²) in [5.74, 6) is 0. The number of hydrogen-bond acceptors (Lipinski definition) is 3. The molecule has 0 fully saturated rings. The van der Waals surface area contributed by atoms with E-state index in [9.17, 15) is 0 Å².